The third-order valence-corrected chi connectivity index (χ3v) is 3.65. The standard InChI is InChI=1S/C14H19ClN2O2/c1-8-10-6-17(13(18)19-14(3,4)5)7-11(10)16-9(2)12(8)15/h6-7H2,1-5H3. The van der Waals surface area contributed by atoms with E-state index in [4.69, 9.17) is 16.3 Å². The van der Waals surface area contributed by atoms with Crippen molar-refractivity contribution in [3.8, 4) is 0 Å². The van der Waals surface area contributed by atoms with Crippen molar-refractivity contribution in [2.24, 2.45) is 0 Å². The van der Waals surface area contributed by atoms with Crippen molar-refractivity contribution in [1.82, 2.24) is 9.88 Å². The van der Waals surface area contributed by atoms with E-state index < -0.39 is 5.60 Å². The van der Waals surface area contributed by atoms with Crippen molar-refractivity contribution < 1.29 is 9.53 Å². The Balaban J connectivity index is 2.21. The third kappa shape index (κ3) is 2.84. The molecule has 0 saturated heterocycles. The molecule has 4 nitrogen and oxygen atoms in total. The maximum atomic E-state index is 12.1. The van der Waals surface area contributed by atoms with Crippen LogP contribution in [0.3, 0.4) is 0 Å². The predicted octanol–water partition coefficient (Wildman–Crippen LogP) is 3.60. The minimum atomic E-state index is -0.484. The van der Waals surface area contributed by atoms with Crippen molar-refractivity contribution >= 4 is 17.7 Å². The van der Waals surface area contributed by atoms with Crippen LogP contribution < -0.4 is 0 Å². The van der Waals surface area contributed by atoms with E-state index >= 15 is 0 Å². The van der Waals surface area contributed by atoms with Crippen molar-refractivity contribution in [2.45, 2.75) is 53.3 Å². The molecule has 0 bridgehead atoms. The van der Waals surface area contributed by atoms with E-state index in [0.29, 0.717) is 18.1 Å². The van der Waals surface area contributed by atoms with Crippen LogP contribution in [0, 0.1) is 13.8 Å². The molecule has 2 rings (SSSR count). The molecular weight excluding hydrogens is 264 g/mol. The second-order valence-electron chi connectivity index (χ2n) is 5.90. The Morgan fingerprint density at radius 1 is 1.32 bits per heavy atom. The summed E-state index contributed by atoms with van der Waals surface area (Å²) >= 11 is 6.20. The second-order valence-corrected chi connectivity index (χ2v) is 6.28. The Kier molecular flexibility index (Phi) is 3.47. The van der Waals surface area contributed by atoms with Gasteiger partial charge in [0.2, 0.25) is 0 Å². The zero-order valence-corrected chi connectivity index (χ0v) is 12.8. The van der Waals surface area contributed by atoms with Gasteiger partial charge in [-0.05, 0) is 45.7 Å². The van der Waals surface area contributed by atoms with Crippen molar-refractivity contribution in [1.29, 1.82) is 0 Å². The van der Waals surface area contributed by atoms with Crippen LogP contribution in [0.5, 0.6) is 0 Å². The Morgan fingerprint density at radius 2 is 1.95 bits per heavy atom. The maximum absolute atomic E-state index is 12.1. The van der Waals surface area contributed by atoms with Crippen LogP contribution in [0.1, 0.15) is 43.3 Å². The highest BCUT2D eigenvalue weighted by Gasteiger charge is 2.30. The lowest BCUT2D eigenvalue weighted by atomic mass is 10.1. The highest BCUT2D eigenvalue weighted by molar-refractivity contribution is 6.32. The van der Waals surface area contributed by atoms with Crippen molar-refractivity contribution in [2.75, 3.05) is 0 Å². The summed E-state index contributed by atoms with van der Waals surface area (Å²) < 4.78 is 5.38. The summed E-state index contributed by atoms with van der Waals surface area (Å²) in [6.07, 6.45) is -0.307. The van der Waals surface area contributed by atoms with Crippen LogP contribution >= 0.6 is 11.6 Å². The fourth-order valence-electron chi connectivity index (χ4n) is 2.16. The van der Waals surface area contributed by atoms with Gasteiger partial charge in [-0.25, -0.2) is 4.79 Å². The first-order valence-electron chi connectivity index (χ1n) is 6.31. The van der Waals surface area contributed by atoms with Gasteiger partial charge in [0.25, 0.3) is 0 Å². The zero-order valence-electron chi connectivity index (χ0n) is 12.0. The van der Waals surface area contributed by atoms with E-state index in [0.717, 1.165) is 22.5 Å². The van der Waals surface area contributed by atoms with Crippen molar-refractivity contribution in [3.63, 3.8) is 0 Å². The van der Waals surface area contributed by atoms with Crippen LogP contribution in [0.25, 0.3) is 0 Å². The summed E-state index contributed by atoms with van der Waals surface area (Å²) in [4.78, 5) is 18.2. The van der Waals surface area contributed by atoms with Crippen LogP contribution in [-0.2, 0) is 17.8 Å². The molecule has 0 saturated carbocycles. The lowest BCUT2D eigenvalue weighted by Crippen LogP contribution is -2.33. The molecule has 0 spiro atoms. The first-order chi connectivity index (χ1) is 8.69. The summed E-state index contributed by atoms with van der Waals surface area (Å²) in [5.41, 5.74) is 3.30. The normalized spacial score (nSPS) is 14.5. The largest absolute Gasteiger partial charge is 0.444 e. The number of hydrogen-bond acceptors (Lipinski definition) is 3. The van der Waals surface area contributed by atoms with E-state index in [1.54, 1.807) is 4.90 Å². The molecule has 0 N–H and O–H groups in total. The number of amides is 1. The van der Waals surface area contributed by atoms with Gasteiger partial charge in [0.05, 0.1) is 29.5 Å². The summed E-state index contributed by atoms with van der Waals surface area (Å²) in [6.45, 7) is 10.4. The van der Waals surface area contributed by atoms with Gasteiger partial charge in [-0.2, -0.15) is 0 Å². The van der Waals surface area contributed by atoms with Crippen LogP contribution in [-0.4, -0.2) is 21.6 Å². The average Bonchev–Trinajstić information content (AvgIpc) is 2.68. The molecule has 104 valence electrons. The molecule has 1 amide bonds. The Labute approximate surface area is 118 Å². The van der Waals surface area contributed by atoms with Gasteiger partial charge >= 0.3 is 6.09 Å². The van der Waals surface area contributed by atoms with Gasteiger partial charge < -0.3 is 4.74 Å². The first kappa shape index (κ1) is 14.1. The lowest BCUT2D eigenvalue weighted by Gasteiger charge is -2.24. The van der Waals surface area contributed by atoms with E-state index in [-0.39, 0.29) is 6.09 Å². The summed E-state index contributed by atoms with van der Waals surface area (Å²) in [6, 6.07) is 0. The number of pyridine rings is 1. The molecule has 0 radical (unpaired) electrons. The second kappa shape index (κ2) is 4.67. The average molecular weight is 283 g/mol. The Morgan fingerprint density at radius 3 is 2.53 bits per heavy atom. The van der Waals surface area contributed by atoms with E-state index in [1.807, 2.05) is 34.6 Å². The number of carbonyl (C=O) groups is 1. The number of hydrogen-bond donors (Lipinski definition) is 0. The highest BCUT2D eigenvalue weighted by atomic mass is 35.5. The number of aromatic nitrogens is 1. The monoisotopic (exact) mass is 282 g/mol. The van der Waals surface area contributed by atoms with Gasteiger partial charge in [-0.3, -0.25) is 9.88 Å². The van der Waals surface area contributed by atoms with Crippen LogP contribution in [0.2, 0.25) is 5.02 Å². The fraction of sp³-hybridized carbons (Fsp3) is 0.571. The Hall–Kier alpha value is -1.29. The summed E-state index contributed by atoms with van der Waals surface area (Å²) in [5.74, 6) is 0. The van der Waals surface area contributed by atoms with Gasteiger partial charge in [0, 0.05) is 0 Å². The molecule has 0 unspecified atom stereocenters. The molecule has 0 aromatic carbocycles. The smallest absolute Gasteiger partial charge is 0.410 e. The molecule has 1 aliphatic rings. The predicted molar refractivity (Wildman–Crippen MR) is 74.2 cm³/mol. The number of halogens is 1. The van der Waals surface area contributed by atoms with E-state index in [2.05, 4.69) is 4.98 Å². The molecule has 5 heteroatoms. The van der Waals surface area contributed by atoms with Gasteiger partial charge in [0.1, 0.15) is 5.60 Å². The third-order valence-electron chi connectivity index (χ3n) is 3.09. The molecule has 1 aromatic heterocycles. The summed E-state index contributed by atoms with van der Waals surface area (Å²) in [7, 11) is 0. The van der Waals surface area contributed by atoms with Gasteiger partial charge in [0.15, 0.2) is 0 Å². The summed E-state index contributed by atoms with van der Waals surface area (Å²) in [5, 5.41) is 0.685. The number of fused-ring (bicyclic) bond motifs is 1. The molecule has 1 aliphatic heterocycles. The SMILES string of the molecule is Cc1nc2c(c(C)c1Cl)CN(C(=O)OC(C)(C)C)C2. The van der Waals surface area contributed by atoms with Gasteiger partial charge in [-0.1, -0.05) is 11.6 Å². The molecular formula is C14H19ClN2O2. The topological polar surface area (TPSA) is 42.4 Å². The highest BCUT2D eigenvalue weighted by Crippen LogP contribution is 2.31. The van der Waals surface area contributed by atoms with Crippen molar-refractivity contribution in [3.05, 3.63) is 27.5 Å². The Bertz CT molecular complexity index is 535. The molecule has 0 fully saturated rings. The molecule has 0 aliphatic carbocycles. The van der Waals surface area contributed by atoms with E-state index in [1.165, 1.54) is 0 Å². The maximum Gasteiger partial charge on any atom is 0.410 e. The van der Waals surface area contributed by atoms with Gasteiger partial charge in [-0.15, -0.1) is 0 Å². The lowest BCUT2D eigenvalue weighted by molar-refractivity contribution is 0.0240. The number of nitrogens with zero attached hydrogens (tertiary/aromatic N) is 2. The number of rotatable bonds is 0. The molecule has 2 heterocycles. The molecule has 19 heavy (non-hydrogen) atoms. The number of aryl methyl sites for hydroxylation is 1. The minimum Gasteiger partial charge on any atom is -0.444 e. The number of ether oxygens (including phenoxy) is 1. The quantitative estimate of drug-likeness (QED) is 0.730. The first-order valence-corrected chi connectivity index (χ1v) is 6.69. The molecule has 0 atom stereocenters. The zero-order chi connectivity index (χ0) is 14.4. The fourth-order valence-corrected chi connectivity index (χ4v) is 2.32. The number of carbonyl (C=O) groups excluding carboxylic acids is 1. The molecule has 1 aromatic rings. The van der Waals surface area contributed by atoms with Crippen LogP contribution in [0.15, 0.2) is 0 Å². The van der Waals surface area contributed by atoms with Crippen LogP contribution in [0.4, 0.5) is 4.79 Å². The van der Waals surface area contributed by atoms with E-state index in [9.17, 15) is 4.79 Å². The minimum absolute atomic E-state index is 0.307.